The smallest absolute Gasteiger partial charge is 0.259 e. The number of nitrogens with one attached hydrogen (secondary N) is 2. The van der Waals surface area contributed by atoms with Gasteiger partial charge in [-0.3, -0.25) is 19.3 Å². The van der Waals surface area contributed by atoms with Crippen molar-refractivity contribution in [2.24, 2.45) is 11.7 Å². The molecule has 7 heteroatoms. The first kappa shape index (κ1) is 20.5. The van der Waals surface area contributed by atoms with Crippen LogP contribution < -0.4 is 21.3 Å². The Hall–Kier alpha value is -3.19. The number of hydrogen-bond acceptors (Lipinski definition) is 4. The zero-order valence-electron chi connectivity index (χ0n) is 16.6. The maximum atomic E-state index is 13.4. The number of benzene rings is 2. The molecule has 1 heterocycles. The van der Waals surface area contributed by atoms with Crippen molar-refractivity contribution in [3.8, 4) is 0 Å². The lowest BCUT2D eigenvalue weighted by molar-refractivity contribution is -0.118. The van der Waals surface area contributed by atoms with Crippen LogP contribution in [-0.2, 0) is 4.79 Å². The summed E-state index contributed by atoms with van der Waals surface area (Å²) < 4.78 is 0. The number of carbonyl (C=O) groups is 3. The second-order valence-corrected chi connectivity index (χ2v) is 7.14. The van der Waals surface area contributed by atoms with E-state index >= 15 is 0 Å². The van der Waals surface area contributed by atoms with E-state index in [1.54, 1.807) is 47.4 Å². The maximum absolute atomic E-state index is 13.4. The van der Waals surface area contributed by atoms with E-state index < -0.39 is 6.04 Å². The van der Waals surface area contributed by atoms with Gasteiger partial charge in [0.05, 0.1) is 11.4 Å². The molecule has 1 aliphatic rings. The monoisotopic (exact) mass is 394 g/mol. The number of rotatable bonds is 6. The summed E-state index contributed by atoms with van der Waals surface area (Å²) in [5.41, 5.74) is 7.36. The van der Waals surface area contributed by atoms with Crippen LogP contribution >= 0.6 is 0 Å². The van der Waals surface area contributed by atoms with Crippen molar-refractivity contribution in [2.45, 2.75) is 26.3 Å². The quantitative estimate of drug-likeness (QED) is 0.700. The molecule has 1 aliphatic heterocycles. The van der Waals surface area contributed by atoms with E-state index in [2.05, 4.69) is 10.6 Å². The number of carbonyl (C=O) groups excluding carboxylic acids is 3. The predicted molar refractivity (Wildman–Crippen MR) is 113 cm³/mol. The molecule has 2 aromatic rings. The lowest BCUT2D eigenvalue weighted by Crippen LogP contribution is -2.54. The first-order chi connectivity index (χ1) is 14.0. The van der Waals surface area contributed by atoms with Gasteiger partial charge in [0.1, 0.15) is 6.04 Å². The fourth-order valence-corrected chi connectivity index (χ4v) is 3.44. The van der Waals surface area contributed by atoms with Crippen LogP contribution in [0.15, 0.2) is 48.5 Å². The first-order valence-corrected chi connectivity index (χ1v) is 9.79. The van der Waals surface area contributed by atoms with E-state index in [4.69, 9.17) is 5.73 Å². The highest BCUT2D eigenvalue weighted by molar-refractivity contribution is 6.17. The molecule has 0 fully saturated rings. The summed E-state index contributed by atoms with van der Waals surface area (Å²) in [7, 11) is 0. The summed E-state index contributed by atoms with van der Waals surface area (Å²) in [6, 6.07) is 13.2. The fourth-order valence-electron chi connectivity index (χ4n) is 3.44. The highest BCUT2D eigenvalue weighted by Crippen LogP contribution is 2.36. The summed E-state index contributed by atoms with van der Waals surface area (Å²) in [5, 5.41) is 5.58. The predicted octanol–water partition coefficient (Wildman–Crippen LogP) is 2.39. The van der Waals surface area contributed by atoms with Gasteiger partial charge in [0.25, 0.3) is 11.8 Å². The molecule has 29 heavy (non-hydrogen) atoms. The maximum Gasteiger partial charge on any atom is 0.259 e. The Labute approximate surface area is 170 Å². The number of fused-ring (bicyclic) bond motifs is 1. The van der Waals surface area contributed by atoms with E-state index in [0.717, 1.165) is 6.42 Å². The van der Waals surface area contributed by atoms with Gasteiger partial charge in [-0.05, 0) is 36.2 Å². The molecule has 2 atom stereocenters. The molecular formula is C22H26N4O3. The second-order valence-electron chi connectivity index (χ2n) is 7.14. The molecule has 0 saturated heterocycles. The average molecular weight is 394 g/mol. The molecule has 2 unspecified atom stereocenters. The highest BCUT2D eigenvalue weighted by atomic mass is 16.2. The van der Waals surface area contributed by atoms with Crippen molar-refractivity contribution in [3.63, 3.8) is 0 Å². The molecule has 0 aromatic heterocycles. The third-order valence-electron chi connectivity index (χ3n) is 5.18. The van der Waals surface area contributed by atoms with Crippen molar-refractivity contribution in [1.82, 2.24) is 5.32 Å². The highest BCUT2D eigenvalue weighted by Gasteiger charge is 2.40. The van der Waals surface area contributed by atoms with Crippen LogP contribution in [0, 0.1) is 5.92 Å². The van der Waals surface area contributed by atoms with E-state index in [0.29, 0.717) is 35.6 Å². The standard InChI is InChI=1S/C22H26N4O3/c1-3-14(2)19-21(28)25-17-13-16(20(27)24-12-11-23)9-10-18(17)26(19)22(29)15-7-5-4-6-8-15/h4-10,13-14,19H,3,11-12,23H2,1-2H3,(H,24,27)(H,25,28). The number of amides is 3. The van der Waals surface area contributed by atoms with Crippen LogP contribution in [0.1, 0.15) is 41.0 Å². The van der Waals surface area contributed by atoms with Crippen LogP contribution in [0.25, 0.3) is 0 Å². The molecule has 152 valence electrons. The van der Waals surface area contributed by atoms with Gasteiger partial charge in [-0.15, -0.1) is 0 Å². The van der Waals surface area contributed by atoms with Crippen molar-refractivity contribution in [3.05, 3.63) is 59.7 Å². The third kappa shape index (κ3) is 4.14. The minimum Gasteiger partial charge on any atom is -0.351 e. The molecule has 0 bridgehead atoms. The topological polar surface area (TPSA) is 105 Å². The molecule has 0 saturated carbocycles. The van der Waals surface area contributed by atoms with Crippen molar-refractivity contribution < 1.29 is 14.4 Å². The Morgan fingerprint density at radius 3 is 2.55 bits per heavy atom. The molecular weight excluding hydrogens is 368 g/mol. The summed E-state index contributed by atoms with van der Waals surface area (Å²) in [6.07, 6.45) is 0.742. The largest absolute Gasteiger partial charge is 0.351 e. The molecule has 3 rings (SSSR count). The van der Waals surface area contributed by atoms with Crippen LogP contribution in [0.5, 0.6) is 0 Å². The first-order valence-electron chi connectivity index (χ1n) is 9.79. The van der Waals surface area contributed by atoms with Crippen molar-refractivity contribution >= 4 is 29.1 Å². The van der Waals surface area contributed by atoms with E-state index in [-0.39, 0.29) is 23.6 Å². The Morgan fingerprint density at radius 1 is 1.17 bits per heavy atom. The molecule has 0 radical (unpaired) electrons. The van der Waals surface area contributed by atoms with Gasteiger partial charge in [0.2, 0.25) is 5.91 Å². The average Bonchev–Trinajstić information content (AvgIpc) is 2.75. The van der Waals surface area contributed by atoms with Crippen LogP contribution in [0.2, 0.25) is 0 Å². The van der Waals surface area contributed by atoms with Crippen LogP contribution in [0.4, 0.5) is 11.4 Å². The fraction of sp³-hybridized carbons (Fsp3) is 0.318. The summed E-state index contributed by atoms with van der Waals surface area (Å²) in [4.78, 5) is 40.1. The summed E-state index contributed by atoms with van der Waals surface area (Å²) >= 11 is 0. The molecule has 2 aromatic carbocycles. The molecule has 3 amide bonds. The minimum atomic E-state index is -0.628. The van der Waals surface area contributed by atoms with Gasteiger partial charge in [-0.1, -0.05) is 38.5 Å². The lowest BCUT2D eigenvalue weighted by Gasteiger charge is -2.39. The SMILES string of the molecule is CCC(C)C1C(=O)Nc2cc(C(=O)NCCN)ccc2N1C(=O)c1ccccc1. The van der Waals surface area contributed by atoms with Gasteiger partial charge in [0.15, 0.2) is 0 Å². The number of nitrogens with two attached hydrogens (primary N) is 1. The summed E-state index contributed by atoms with van der Waals surface area (Å²) in [5.74, 6) is -0.816. The Morgan fingerprint density at radius 2 is 1.90 bits per heavy atom. The van der Waals surface area contributed by atoms with E-state index in [9.17, 15) is 14.4 Å². The number of anilines is 2. The van der Waals surface area contributed by atoms with Crippen LogP contribution in [0.3, 0.4) is 0 Å². The zero-order valence-corrected chi connectivity index (χ0v) is 16.6. The van der Waals surface area contributed by atoms with E-state index in [1.165, 1.54) is 0 Å². The minimum absolute atomic E-state index is 0.0386. The van der Waals surface area contributed by atoms with Gasteiger partial charge in [-0.25, -0.2) is 0 Å². The summed E-state index contributed by atoms with van der Waals surface area (Å²) in [6.45, 7) is 4.64. The normalized spacial score (nSPS) is 16.6. The number of nitrogens with zero attached hydrogens (tertiary/aromatic N) is 1. The zero-order chi connectivity index (χ0) is 21.0. The number of hydrogen-bond donors (Lipinski definition) is 3. The Balaban J connectivity index is 2.05. The van der Waals surface area contributed by atoms with Gasteiger partial charge >= 0.3 is 0 Å². The lowest BCUT2D eigenvalue weighted by atomic mass is 9.92. The van der Waals surface area contributed by atoms with Gasteiger partial charge in [0, 0.05) is 24.2 Å². The molecule has 7 nitrogen and oxygen atoms in total. The van der Waals surface area contributed by atoms with Gasteiger partial charge < -0.3 is 16.4 Å². The molecule has 4 N–H and O–H groups in total. The molecule has 0 aliphatic carbocycles. The molecule has 0 spiro atoms. The Bertz CT molecular complexity index is 914. The third-order valence-corrected chi connectivity index (χ3v) is 5.18. The second kappa shape index (κ2) is 8.87. The van der Waals surface area contributed by atoms with Crippen LogP contribution in [-0.4, -0.2) is 36.9 Å². The van der Waals surface area contributed by atoms with E-state index in [1.807, 2.05) is 19.9 Å². The van der Waals surface area contributed by atoms with Crippen molar-refractivity contribution in [1.29, 1.82) is 0 Å². The van der Waals surface area contributed by atoms with Crippen molar-refractivity contribution in [2.75, 3.05) is 23.3 Å². The van der Waals surface area contributed by atoms with Gasteiger partial charge in [-0.2, -0.15) is 0 Å². The Kier molecular flexibility index (Phi) is 6.29.